The van der Waals surface area contributed by atoms with Gasteiger partial charge in [0.2, 0.25) is 5.91 Å². The third-order valence-electron chi connectivity index (χ3n) is 3.19. The molecule has 20 heavy (non-hydrogen) atoms. The maximum absolute atomic E-state index is 13.5. The van der Waals surface area contributed by atoms with Gasteiger partial charge in [-0.25, -0.2) is 4.39 Å². The van der Waals surface area contributed by atoms with Crippen LogP contribution in [-0.2, 0) is 9.53 Å². The van der Waals surface area contributed by atoms with Crippen molar-refractivity contribution in [1.29, 1.82) is 0 Å². The predicted octanol–water partition coefficient (Wildman–Crippen LogP) is 2.00. The Morgan fingerprint density at radius 2 is 2.30 bits per heavy atom. The van der Waals surface area contributed by atoms with Crippen molar-refractivity contribution < 1.29 is 18.7 Å². The van der Waals surface area contributed by atoms with E-state index in [0.717, 1.165) is 0 Å². The maximum Gasteiger partial charge on any atom is 0.244 e. The molecule has 0 spiro atoms. The van der Waals surface area contributed by atoms with E-state index in [4.69, 9.17) is 9.47 Å². The molecule has 2 rings (SSSR count). The Kier molecular flexibility index (Phi) is 4.39. The number of hydrogen-bond donors (Lipinski definition) is 1. The minimum Gasteiger partial charge on any atom is -0.494 e. The van der Waals surface area contributed by atoms with Crippen LogP contribution in [0, 0.1) is 11.2 Å². The lowest BCUT2D eigenvalue weighted by Crippen LogP contribution is -2.48. The van der Waals surface area contributed by atoms with E-state index in [0.29, 0.717) is 25.3 Å². The molecular weight excluding hydrogens is 261 g/mol. The Labute approximate surface area is 117 Å². The zero-order valence-electron chi connectivity index (χ0n) is 11.6. The number of hydrogen-bond acceptors (Lipinski definition) is 3. The number of rotatable bonds is 5. The predicted molar refractivity (Wildman–Crippen MR) is 73.9 cm³/mol. The molecule has 1 amide bonds. The molecule has 1 aliphatic heterocycles. The van der Waals surface area contributed by atoms with E-state index in [1.807, 2.05) is 0 Å². The van der Waals surface area contributed by atoms with Gasteiger partial charge in [0.15, 0.2) is 11.6 Å². The van der Waals surface area contributed by atoms with Crippen LogP contribution in [0.25, 0.3) is 6.08 Å². The summed E-state index contributed by atoms with van der Waals surface area (Å²) >= 11 is 0. The van der Waals surface area contributed by atoms with E-state index >= 15 is 0 Å². The molecule has 108 valence electrons. The van der Waals surface area contributed by atoms with Crippen LogP contribution in [0.2, 0.25) is 0 Å². The molecule has 0 bridgehead atoms. The zero-order valence-corrected chi connectivity index (χ0v) is 11.6. The number of methoxy groups -OCH3 is 1. The van der Waals surface area contributed by atoms with Gasteiger partial charge >= 0.3 is 0 Å². The topological polar surface area (TPSA) is 47.6 Å². The van der Waals surface area contributed by atoms with E-state index in [1.54, 1.807) is 12.1 Å². The number of halogens is 1. The molecule has 1 saturated heterocycles. The summed E-state index contributed by atoms with van der Waals surface area (Å²) in [5.41, 5.74) is 0.645. The smallest absolute Gasteiger partial charge is 0.244 e. The summed E-state index contributed by atoms with van der Waals surface area (Å²) in [7, 11) is 1.41. The lowest BCUT2D eigenvalue weighted by molar-refractivity contribution is -0.122. The molecule has 1 N–H and O–H groups in total. The van der Waals surface area contributed by atoms with Gasteiger partial charge in [-0.2, -0.15) is 0 Å². The Balaban J connectivity index is 1.88. The Hall–Kier alpha value is -1.88. The van der Waals surface area contributed by atoms with Crippen molar-refractivity contribution in [3.05, 3.63) is 35.7 Å². The summed E-state index contributed by atoms with van der Waals surface area (Å²) in [5.74, 6) is -0.465. The first kappa shape index (κ1) is 14.5. The number of nitrogens with one attached hydrogen (secondary N) is 1. The summed E-state index contributed by atoms with van der Waals surface area (Å²) in [4.78, 5) is 11.7. The van der Waals surface area contributed by atoms with Crippen LogP contribution in [0.3, 0.4) is 0 Å². The van der Waals surface area contributed by atoms with Crippen molar-refractivity contribution in [1.82, 2.24) is 5.32 Å². The van der Waals surface area contributed by atoms with Crippen LogP contribution < -0.4 is 10.1 Å². The van der Waals surface area contributed by atoms with Gasteiger partial charge in [-0.05, 0) is 23.8 Å². The molecule has 5 heteroatoms. The van der Waals surface area contributed by atoms with Crippen LogP contribution in [-0.4, -0.2) is 32.8 Å². The highest BCUT2D eigenvalue weighted by molar-refractivity contribution is 5.91. The van der Waals surface area contributed by atoms with Gasteiger partial charge in [-0.1, -0.05) is 13.0 Å². The molecule has 0 radical (unpaired) electrons. The zero-order chi connectivity index (χ0) is 14.6. The summed E-state index contributed by atoms with van der Waals surface area (Å²) in [6.45, 7) is 3.97. The van der Waals surface area contributed by atoms with Gasteiger partial charge in [0, 0.05) is 18.0 Å². The van der Waals surface area contributed by atoms with Crippen molar-refractivity contribution in [2.75, 3.05) is 26.9 Å². The fraction of sp³-hybridized carbons (Fsp3) is 0.400. The molecule has 0 unspecified atom stereocenters. The van der Waals surface area contributed by atoms with Gasteiger partial charge in [0.25, 0.3) is 0 Å². The van der Waals surface area contributed by atoms with Gasteiger partial charge in [-0.15, -0.1) is 0 Å². The SMILES string of the molecule is COc1ccc(/C=C/C(=O)NCC2(C)COC2)cc1F. The lowest BCUT2D eigenvalue weighted by atomic mass is 9.89. The molecule has 4 nitrogen and oxygen atoms in total. The van der Waals surface area contributed by atoms with E-state index < -0.39 is 5.82 Å². The summed E-state index contributed by atoms with van der Waals surface area (Å²) in [5, 5.41) is 2.81. The van der Waals surface area contributed by atoms with Crippen molar-refractivity contribution in [2.24, 2.45) is 5.41 Å². The van der Waals surface area contributed by atoms with Crippen molar-refractivity contribution in [3.63, 3.8) is 0 Å². The van der Waals surface area contributed by atoms with Crippen LogP contribution in [0.15, 0.2) is 24.3 Å². The highest BCUT2D eigenvalue weighted by Crippen LogP contribution is 2.25. The highest BCUT2D eigenvalue weighted by atomic mass is 19.1. The Morgan fingerprint density at radius 1 is 1.55 bits per heavy atom. The van der Waals surface area contributed by atoms with Crippen LogP contribution >= 0.6 is 0 Å². The van der Waals surface area contributed by atoms with Crippen LogP contribution in [0.4, 0.5) is 4.39 Å². The first-order valence-corrected chi connectivity index (χ1v) is 6.40. The maximum atomic E-state index is 13.5. The molecule has 1 fully saturated rings. The molecule has 1 aliphatic rings. The minimum absolute atomic E-state index is 0.0374. The number of carbonyl (C=O) groups excluding carboxylic acids is 1. The van der Waals surface area contributed by atoms with E-state index in [9.17, 15) is 9.18 Å². The average Bonchev–Trinajstić information content (AvgIpc) is 2.41. The van der Waals surface area contributed by atoms with Crippen molar-refractivity contribution in [2.45, 2.75) is 6.92 Å². The third-order valence-corrected chi connectivity index (χ3v) is 3.19. The number of amides is 1. The molecule has 0 aromatic heterocycles. The molecular formula is C15H18FNO3. The standard InChI is InChI=1S/C15H18FNO3/c1-15(9-20-10-15)8-17-14(18)6-4-11-3-5-13(19-2)12(16)7-11/h3-7H,8-10H2,1-2H3,(H,17,18)/b6-4+. The average molecular weight is 279 g/mol. The van der Waals surface area contributed by atoms with Gasteiger partial charge in [0.1, 0.15) is 0 Å². The monoisotopic (exact) mass is 279 g/mol. The Morgan fingerprint density at radius 3 is 2.85 bits per heavy atom. The number of benzene rings is 1. The van der Waals surface area contributed by atoms with Crippen LogP contribution in [0.5, 0.6) is 5.75 Å². The molecule has 1 aromatic carbocycles. The first-order valence-electron chi connectivity index (χ1n) is 6.40. The summed E-state index contributed by atoms with van der Waals surface area (Å²) in [6.07, 6.45) is 2.96. The quantitative estimate of drug-likeness (QED) is 0.839. The Bertz CT molecular complexity index is 524. The van der Waals surface area contributed by atoms with Gasteiger partial charge in [-0.3, -0.25) is 4.79 Å². The van der Waals surface area contributed by atoms with E-state index in [1.165, 1.54) is 25.3 Å². The molecule has 0 atom stereocenters. The van der Waals surface area contributed by atoms with E-state index in [2.05, 4.69) is 12.2 Å². The molecule has 0 aliphatic carbocycles. The van der Waals surface area contributed by atoms with Crippen molar-refractivity contribution in [3.8, 4) is 5.75 Å². The fourth-order valence-electron chi connectivity index (χ4n) is 1.87. The summed E-state index contributed by atoms with van der Waals surface area (Å²) in [6, 6.07) is 4.54. The lowest BCUT2D eigenvalue weighted by Gasteiger charge is -2.37. The molecule has 0 saturated carbocycles. The molecule has 1 aromatic rings. The van der Waals surface area contributed by atoms with Gasteiger partial charge in [0.05, 0.1) is 20.3 Å². The highest BCUT2D eigenvalue weighted by Gasteiger charge is 2.33. The van der Waals surface area contributed by atoms with E-state index in [-0.39, 0.29) is 17.1 Å². The second kappa shape index (κ2) is 6.05. The summed E-state index contributed by atoms with van der Waals surface area (Å²) < 4.78 is 23.4. The minimum atomic E-state index is -0.450. The number of carbonyl (C=O) groups is 1. The number of ether oxygens (including phenoxy) is 2. The second-order valence-electron chi connectivity index (χ2n) is 5.25. The second-order valence-corrected chi connectivity index (χ2v) is 5.25. The van der Waals surface area contributed by atoms with Crippen LogP contribution in [0.1, 0.15) is 12.5 Å². The third kappa shape index (κ3) is 3.57. The van der Waals surface area contributed by atoms with Crippen molar-refractivity contribution >= 4 is 12.0 Å². The van der Waals surface area contributed by atoms with Gasteiger partial charge < -0.3 is 14.8 Å². The first-order chi connectivity index (χ1) is 9.52. The largest absolute Gasteiger partial charge is 0.494 e. The normalized spacial score (nSPS) is 16.8. The fourth-order valence-corrected chi connectivity index (χ4v) is 1.87. The molecule has 1 heterocycles.